The third kappa shape index (κ3) is 2.85. The highest BCUT2D eigenvalue weighted by Gasteiger charge is 2.74. The van der Waals surface area contributed by atoms with Crippen molar-refractivity contribution in [3.63, 3.8) is 0 Å². The Bertz CT molecular complexity index is 907. The van der Waals surface area contributed by atoms with E-state index < -0.39 is 47.4 Å². The van der Waals surface area contributed by atoms with E-state index in [0.29, 0.717) is 23.6 Å². The van der Waals surface area contributed by atoms with Gasteiger partial charge in [0.25, 0.3) is 5.91 Å². The van der Waals surface area contributed by atoms with Gasteiger partial charge < -0.3 is 24.7 Å². The van der Waals surface area contributed by atoms with E-state index in [2.05, 4.69) is 6.58 Å². The first-order valence-corrected chi connectivity index (χ1v) is 10.2. The molecule has 5 atom stereocenters. The summed E-state index contributed by atoms with van der Waals surface area (Å²) < 4.78 is 6.10. The summed E-state index contributed by atoms with van der Waals surface area (Å²) in [6.07, 6.45) is 1.82. The molecule has 3 aliphatic rings. The van der Waals surface area contributed by atoms with Crippen molar-refractivity contribution in [2.45, 2.75) is 30.6 Å². The van der Waals surface area contributed by atoms with E-state index in [4.69, 9.17) is 16.3 Å². The van der Waals surface area contributed by atoms with Crippen molar-refractivity contribution in [1.82, 2.24) is 4.90 Å². The largest absolute Gasteiger partial charge is 0.481 e. The maximum absolute atomic E-state index is 13.8. The molecule has 1 aromatic rings. The number of para-hydroxylation sites is 1. The number of amides is 2. The number of ether oxygens (including phenoxy) is 1. The number of hydrogen-bond acceptors (Lipinski definition) is 5. The summed E-state index contributed by atoms with van der Waals surface area (Å²) in [5.41, 5.74) is -0.764. The zero-order valence-electron chi connectivity index (χ0n) is 16.2. The summed E-state index contributed by atoms with van der Waals surface area (Å²) in [4.78, 5) is 41.7. The highest BCUT2D eigenvalue weighted by molar-refractivity contribution is 6.34. The first kappa shape index (κ1) is 20.8. The number of benzene rings is 1. The Hall–Kier alpha value is -2.42. The molecule has 2 bridgehead atoms. The monoisotopic (exact) mass is 434 g/mol. The molecule has 30 heavy (non-hydrogen) atoms. The van der Waals surface area contributed by atoms with Gasteiger partial charge in [0, 0.05) is 13.1 Å². The molecule has 3 fully saturated rings. The minimum Gasteiger partial charge on any atom is -0.481 e. The van der Waals surface area contributed by atoms with Gasteiger partial charge in [0.2, 0.25) is 5.91 Å². The van der Waals surface area contributed by atoms with E-state index in [1.165, 1.54) is 9.80 Å². The average Bonchev–Trinajstić information content (AvgIpc) is 3.35. The fourth-order valence-corrected chi connectivity index (χ4v) is 5.55. The molecular weight excluding hydrogens is 412 g/mol. The van der Waals surface area contributed by atoms with Gasteiger partial charge in [-0.15, -0.1) is 6.58 Å². The van der Waals surface area contributed by atoms with Gasteiger partial charge in [-0.05, 0) is 25.0 Å². The number of carboxylic acid groups (broad SMARTS) is 1. The number of hydrogen-bond donors (Lipinski definition) is 2. The molecule has 2 N–H and O–H groups in total. The molecule has 9 heteroatoms. The van der Waals surface area contributed by atoms with Crippen LogP contribution >= 0.6 is 11.6 Å². The lowest BCUT2D eigenvalue weighted by Crippen LogP contribution is -2.56. The fraction of sp³-hybridized carbons (Fsp3) is 0.476. The molecule has 3 heterocycles. The molecule has 3 aliphatic heterocycles. The number of β-amino-alcohol motifs (C(OH)–C–C–N with tert-alkyl or cyclic N) is 1. The smallest absolute Gasteiger partial charge is 0.310 e. The molecule has 2 amide bonds. The van der Waals surface area contributed by atoms with Gasteiger partial charge in [0.15, 0.2) is 0 Å². The van der Waals surface area contributed by atoms with Crippen LogP contribution in [0.1, 0.15) is 12.8 Å². The number of fused-ring (bicyclic) bond motifs is 1. The standard InChI is InChI=1S/C21H23ClN2O6/c1-2-9-23(13-6-4-3-5-12(13)22)19(27)17-21-8-7-14(30-21)15(20(28)29)16(21)18(26)24(17)10-11-25/h2-6,14-17,25H,1,7-11H2,(H,28,29)/t14-,15+,16+,17-,21+/m1/s1. The lowest BCUT2D eigenvalue weighted by atomic mass is 9.70. The number of anilines is 1. The summed E-state index contributed by atoms with van der Waals surface area (Å²) in [6, 6.07) is 5.79. The third-order valence-corrected chi connectivity index (χ3v) is 6.70. The van der Waals surface area contributed by atoms with Crippen molar-refractivity contribution < 1.29 is 29.3 Å². The van der Waals surface area contributed by atoms with Crippen LogP contribution in [-0.2, 0) is 19.1 Å². The summed E-state index contributed by atoms with van der Waals surface area (Å²) in [5, 5.41) is 19.6. The van der Waals surface area contributed by atoms with E-state index in [1.807, 2.05) is 0 Å². The number of aliphatic hydroxyl groups excluding tert-OH is 1. The quantitative estimate of drug-likeness (QED) is 0.626. The van der Waals surface area contributed by atoms with Crippen LogP contribution in [0.4, 0.5) is 5.69 Å². The van der Waals surface area contributed by atoms with Crippen LogP contribution in [0.3, 0.4) is 0 Å². The van der Waals surface area contributed by atoms with Crippen LogP contribution in [0.25, 0.3) is 0 Å². The maximum Gasteiger partial charge on any atom is 0.310 e. The molecule has 8 nitrogen and oxygen atoms in total. The summed E-state index contributed by atoms with van der Waals surface area (Å²) >= 11 is 6.33. The van der Waals surface area contributed by atoms with E-state index in [1.54, 1.807) is 30.3 Å². The highest BCUT2D eigenvalue weighted by atomic mass is 35.5. The second kappa shape index (κ2) is 7.68. The normalized spacial score (nSPS) is 31.7. The van der Waals surface area contributed by atoms with Crippen molar-refractivity contribution in [3.8, 4) is 0 Å². The SMILES string of the molecule is C=CCN(C(=O)[C@H]1N(CCO)C(=O)[C@@H]2[C@@H](C(=O)O)[C@H]3CC[C@]21O3)c1ccccc1Cl. The van der Waals surface area contributed by atoms with Crippen LogP contribution < -0.4 is 4.90 Å². The van der Waals surface area contributed by atoms with Crippen molar-refractivity contribution in [1.29, 1.82) is 0 Å². The predicted molar refractivity (Wildman–Crippen MR) is 108 cm³/mol. The molecule has 3 saturated heterocycles. The van der Waals surface area contributed by atoms with Gasteiger partial charge in [-0.3, -0.25) is 14.4 Å². The number of carbonyl (C=O) groups is 3. The van der Waals surface area contributed by atoms with Crippen molar-refractivity contribution >= 4 is 35.1 Å². The molecule has 0 unspecified atom stereocenters. The van der Waals surface area contributed by atoms with Gasteiger partial charge in [-0.25, -0.2) is 0 Å². The maximum atomic E-state index is 13.8. The number of carboxylic acids is 1. The van der Waals surface area contributed by atoms with Gasteiger partial charge in [-0.2, -0.15) is 0 Å². The zero-order valence-corrected chi connectivity index (χ0v) is 17.0. The molecular formula is C21H23ClN2O6. The van der Waals surface area contributed by atoms with Crippen molar-refractivity contribution in [2.75, 3.05) is 24.6 Å². The Kier molecular flexibility index (Phi) is 5.34. The molecule has 1 spiro atoms. The second-order valence-corrected chi connectivity index (χ2v) is 8.25. The molecule has 4 rings (SSSR count). The van der Waals surface area contributed by atoms with E-state index in [9.17, 15) is 24.6 Å². The van der Waals surface area contributed by atoms with Gasteiger partial charge in [-0.1, -0.05) is 29.8 Å². The average molecular weight is 435 g/mol. The summed E-state index contributed by atoms with van der Waals surface area (Å²) in [7, 11) is 0. The third-order valence-electron chi connectivity index (χ3n) is 6.38. The first-order chi connectivity index (χ1) is 14.4. The molecule has 160 valence electrons. The molecule has 0 aliphatic carbocycles. The lowest BCUT2D eigenvalue weighted by molar-refractivity contribution is -0.149. The van der Waals surface area contributed by atoms with Crippen LogP contribution in [0.5, 0.6) is 0 Å². The molecule has 1 aromatic carbocycles. The van der Waals surface area contributed by atoms with Crippen molar-refractivity contribution in [2.24, 2.45) is 11.8 Å². The first-order valence-electron chi connectivity index (χ1n) is 9.86. The number of carbonyl (C=O) groups excluding carboxylic acids is 2. The van der Waals surface area contributed by atoms with E-state index in [-0.39, 0.29) is 19.7 Å². The second-order valence-electron chi connectivity index (χ2n) is 7.84. The Morgan fingerprint density at radius 3 is 2.77 bits per heavy atom. The van der Waals surface area contributed by atoms with Gasteiger partial charge >= 0.3 is 5.97 Å². The molecule has 0 aromatic heterocycles. The summed E-state index contributed by atoms with van der Waals surface area (Å²) in [6.45, 7) is 3.42. The Balaban J connectivity index is 1.79. The Morgan fingerprint density at radius 1 is 1.40 bits per heavy atom. The highest BCUT2D eigenvalue weighted by Crippen LogP contribution is 2.58. The number of aliphatic hydroxyl groups is 1. The summed E-state index contributed by atoms with van der Waals surface area (Å²) in [5.74, 6) is -3.95. The fourth-order valence-electron chi connectivity index (χ4n) is 5.32. The molecule has 0 saturated carbocycles. The van der Waals surface area contributed by atoms with Crippen molar-refractivity contribution in [3.05, 3.63) is 41.9 Å². The minimum absolute atomic E-state index is 0.0850. The molecule has 0 radical (unpaired) electrons. The Labute approximate surface area is 178 Å². The van der Waals surface area contributed by atoms with Gasteiger partial charge in [0.1, 0.15) is 11.6 Å². The van der Waals surface area contributed by atoms with Gasteiger partial charge in [0.05, 0.1) is 35.3 Å². The van der Waals surface area contributed by atoms with E-state index in [0.717, 1.165) is 0 Å². The number of halogens is 1. The van der Waals surface area contributed by atoms with Crippen LogP contribution in [0.15, 0.2) is 36.9 Å². The number of aliphatic carboxylic acids is 1. The lowest BCUT2D eigenvalue weighted by Gasteiger charge is -2.36. The zero-order chi connectivity index (χ0) is 21.6. The topological polar surface area (TPSA) is 107 Å². The van der Waals surface area contributed by atoms with Crippen LogP contribution in [0, 0.1) is 11.8 Å². The Morgan fingerprint density at radius 2 is 2.13 bits per heavy atom. The number of likely N-dealkylation sites (tertiary alicyclic amines) is 1. The van der Waals surface area contributed by atoms with E-state index >= 15 is 0 Å². The van der Waals surface area contributed by atoms with Crippen LogP contribution in [-0.4, -0.2) is 70.3 Å². The number of rotatable bonds is 7. The number of nitrogens with zero attached hydrogens (tertiary/aromatic N) is 2. The van der Waals surface area contributed by atoms with Crippen LogP contribution in [0.2, 0.25) is 5.02 Å². The minimum atomic E-state index is -1.22. The predicted octanol–water partition coefficient (Wildman–Crippen LogP) is 1.31.